The van der Waals surface area contributed by atoms with Gasteiger partial charge in [0.1, 0.15) is 17.5 Å². The predicted molar refractivity (Wildman–Crippen MR) is 72.0 cm³/mol. The van der Waals surface area contributed by atoms with Crippen molar-refractivity contribution in [1.82, 2.24) is 9.97 Å². The van der Waals surface area contributed by atoms with Crippen molar-refractivity contribution >= 4 is 17.7 Å². The summed E-state index contributed by atoms with van der Waals surface area (Å²) in [6.07, 6.45) is 1.71. The summed E-state index contributed by atoms with van der Waals surface area (Å²) in [5, 5.41) is 2.20. The molecule has 0 saturated heterocycles. The molecule has 1 heterocycles. The smallest absolute Gasteiger partial charge is 0.360 e. The molecule has 2 rings (SSSR count). The molecule has 0 aliphatic carbocycles. The Balaban J connectivity index is 2.20. The van der Waals surface area contributed by atoms with Gasteiger partial charge in [-0.2, -0.15) is 0 Å². The van der Waals surface area contributed by atoms with E-state index in [2.05, 4.69) is 20.0 Å². The lowest BCUT2D eigenvalue weighted by atomic mass is 10.1. The van der Waals surface area contributed by atoms with E-state index in [-0.39, 0.29) is 11.5 Å². The molecule has 0 radical (unpaired) electrons. The highest BCUT2D eigenvalue weighted by atomic mass is 19.1. The van der Waals surface area contributed by atoms with Crippen molar-refractivity contribution in [3.63, 3.8) is 0 Å². The van der Waals surface area contributed by atoms with E-state index in [1.54, 1.807) is 0 Å². The molecule has 1 aromatic carbocycles. The summed E-state index contributed by atoms with van der Waals surface area (Å²) in [5.41, 5.74) is -0.865. The van der Waals surface area contributed by atoms with E-state index >= 15 is 0 Å². The first-order valence-electron chi connectivity index (χ1n) is 6.25. The molecule has 0 fully saturated rings. The Kier molecular flexibility index (Phi) is 4.89. The minimum atomic E-state index is -1.19. The van der Waals surface area contributed by atoms with E-state index in [1.165, 1.54) is 12.4 Å². The Morgan fingerprint density at radius 1 is 1.13 bits per heavy atom. The maximum Gasteiger partial charge on any atom is 0.360 e. The van der Waals surface area contributed by atoms with Gasteiger partial charge in [0.05, 0.1) is 13.5 Å². The number of aromatic nitrogens is 2. The van der Waals surface area contributed by atoms with Crippen LogP contribution in [0.5, 0.6) is 0 Å². The molecule has 0 aliphatic rings. The van der Waals surface area contributed by atoms with E-state index in [4.69, 9.17) is 0 Å². The number of carbonyl (C=O) groups excluding carboxylic acids is 2. The van der Waals surface area contributed by atoms with Crippen LogP contribution >= 0.6 is 0 Å². The SMILES string of the molecule is COC(=O)c1nccnc1NC(=O)Cc1c(F)cc(F)cc1F. The number of amides is 1. The number of ether oxygens (including phenoxy) is 1. The fourth-order valence-electron chi connectivity index (χ4n) is 1.75. The van der Waals surface area contributed by atoms with Crippen LogP contribution in [-0.4, -0.2) is 29.0 Å². The molecule has 0 unspecified atom stereocenters. The molecule has 6 nitrogen and oxygen atoms in total. The fraction of sp³-hybridized carbons (Fsp3) is 0.143. The Labute approximate surface area is 128 Å². The summed E-state index contributed by atoms with van der Waals surface area (Å²) in [4.78, 5) is 30.8. The molecule has 2 aromatic rings. The standard InChI is InChI=1S/C14H10F3N3O3/c1-23-14(22)12-13(19-3-2-18-12)20-11(21)6-8-9(16)4-7(15)5-10(8)17/h2-5H,6H2,1H3,(H,19,20,21). The van der Waals surface area contributed by atoms with Crippen LogP contribution < -0.4 is 5.32 Å². The molecule has 1 N–H and O–H groups in total. The van der Waals surface area contributed by atoms with Crippen LogP contribution in [0.15, 0.2) is 24.5 Å². The second kappa shape index (κ2) is 6.86. The molecular weight excluding hydrogens is 315 g/mol. The maximum atomic E-state index is 13.5. The number of hydrogen-bond acceptors (Lipinski definition) is 5. The quantitative estimate of drug-likeness (QED) is 0.868. The van der Waals surface area contributed by atoms with Crippen LogP contribution in [-0.2, 0) is 16.0 Å². The highest BCUT2D eigenvalue weighted by Crippen LogP contribution is 2.16. The third kappa shape index (κ3) is 3.82. The molecule has 9 heteroatoms. The third-order valence-electron chi connectivity index (χ3n) is 2.78. The Morgan fingerprint density at radius 2 is 1.74 bits per heavy atom. The highest BCUT2D eigenvalue weighted by molar-refractivity contribution is 5.99. The van der Waals surface area contributed by atoms with Gasteiger partial charge in [0.15, 0.2) is 11.5 Å². The van der Waals surface area contributed by atoms with E-state index in [1.807, 2.05) is 0 Å². The van der Waals surface area contributed by atoms with E-state index in [0.717, 1.165) is 7.11 Å². The minimum absolute atomic E-state index is 0.215. The van der Waals surface area contributed by atoms with Gasteiger partial charge < -0.3 is 10.1 Å². The number of anilines is 1. The van der Waals surface area contributed by atoms with Crippen molar-refractivity contribution in [3.05, 3.63) is 53.2 Å². The second-order valence-corrected chi connectivity index (χ2v) is 4.32. The van der Waals surface area contributed by atoms with E-state index in [0.29, 0.717) is 12.1 Å². The zero-order chi connectivity index (χ0) is 17.0. The number of rotatable bonds is 4. The maximum absolute atomic E-state index is 13.5. The molecule has 120 valence electrons. The molecule has 0 spiro atoms. The van der Waals surface area contributed by atoms with Crippen molar-refractivity contribution < 1.29 is 27.5 Å². The van der Waals surface area contributed by atoms with Gasteiger partial charge in [-0.25, -0.2) is 27.9 Å². The van der Waals surface area contributed by atoms with Gasteiger partial charge in [0, 0.05) is 30.1 Å². The predicted octanol–water partition coefficient (Wildman–Crippen LogP) is 1.86. The van der Waals surface area contributed by atoms with Gasteiger partial charge in [-0.3, -0.25) is 4.79 Å². The molecular formula is C14H10F3N3O3. The van der Waals surface area contributed by atoms with Crippen molar-refractivity contribution in [2.45, 2.75) is 6.42 Å². The molecule has 0 saturated carbocycles. The Bertz CT molecular complexity index is 745. The van der Waals surface area contributed by atoms with Crippen molar-refractivity contribution in [2.75, 3.05) is 12.4 Å². The number of hydrogen-bond donors (Lipinski definition) is 1. The van der Waals surface area contributed by atoms with Crippen molar-refractivity contribution in [1.29, 1.82) is 0 Å². The molecule has 0 aliphatic heterocycles. The lowest BCUT2D eigenvalue weighted by Crippen LogP contribution is -2.20. The first-order valence-corrected chi connectivity index (χ1v) is 6.25. The third-order valence-corrected chi connectivity index (χ3v) is 2.78. The van der Waals surface area contributed by atoms with Crippen LogP contribution in [0, 0.1) is 17.5 Å². The monoisotopic (exact) mass is 325 g/mol. The molecule has 23 heavy (non-hydrogen) atoms. The normalized spacial score (nSPS) is 10.3. The first-order chi connectivity index (χ1) is 10.9. The van der Waals surface area contributed by atoms with Gasteiger partial charge in [0.2, 0.25) is 5.91 Å². The summed E-state index contributed by atoms with van der Waals surface area (Å²) in [6, 6.07) is 0.932. The van der Waals surface area contributed by atoms with E-state index in [9.17, 15) is 22.8 Å². The van der Waals surface area contributed by atoms with Gasteiger partial charge in [-0.15, -0.1) is 0 Å². The zero-order valence-corrected chi connectivity index (χ0v) is 11.8. The number of carbonyl (C=O) groups is 2. The van der Waals surface area contributed by atoms with Gasteiger partial charge in [-0.1, -0.05) is 0 Å². The molecule has 0 atom stereocenters. The van der Waals surface area contributed by atoms with Crippen molar-refractivity contribution in [3.8, 4) is 0 Å². The topological polar surface area (TPSA) is 81.2 Å². The van der Waals surface area contributed by atoms with Gasteiger partial charge >= 0.3 is 5.97 Å². The van der Waals surface area contributed by atoms with Crippen LogP contribution in [0.4, 0.5) is 19.0 Å². The summed E-state index contributed by atoms with van der Waals surface area (Å²) in [6.45, 7) is 0. The zero-order valence-electron chi connectivity index (χ0n) is 11.8. The minimum Gasteiger partial charge on any atom is -0.464 e. The summed E-state index contributed by atoms with van der Waals surface area (Å²) < 4.78 is 44.3. The Morgan fingerprint density at radius 3 is 2.35 bits per heavy atom. The summed E-state index contributed by atoms with van der Waals surface area (Å²) in [5.74, 6) is -5.39. The van der Waals surface area contributed by atoms with Crippen LogP contribution in [0.2, 0.25) is 0 Å². The van der Waals surface area contributed by atoms with Crippen LogP contribution in [0.25, 0.3) is 0 Å². The molecule has 0 bridgehead atoms. The number of nitrogens with one attached hydrogen (secondary N) is 1. The van der Waals surface area contributed by atoms with Crippen molar-refractivity contribution in [2.24, 2.45) is 0 Å². The van der Waals surface area contributed by atoms with E-state index < -0.39 is 41.3 Å². The number of nitrogens with zero attached hydrogens (tertiary/aromatic N) is 2. The lowest BCUT2D eigenvalue weighted by Gasteiger charge is -2.08. The van der Waals surface area contributed by atoms with Gasteiger partial charge in [0.25, 0.3) is 0 Å². The van der Waals surface area contributed by atoms with Crippen LogP contribution in [0.1, 0.15) is 16.1 Å². The fourth-order valence-corrected chi connectivity index (χ4v) is 1.75. The number of benzene rings is 1. The van der Waals surface area contributed by atoms with Gasteiger partial charge in [-0.05, 0) is 0 Å². The number of methoxy groups -OCH3 is 1. The summed E-state index contributed by atoms with van der Waals surface area (Å²) in [7, 11) is 1.12. The second-order valence-electron chi connectivity index (χ2n) is 4.32. The number of halogens is 3. The van der Waals surface area contributed by atoms with Crippen LogP contribution in [0.3, 0.4) is 0 Å². The molecule has 1 amide bonds. The largest absolute Gasteiger partial charge is 0.464 e. The lowest BCUT2D eigenvalue weighted by molar-refractivity contribution is -0.115. The summed E-state index contributed by atoms with van der Waals surface area (Å²) >= 11 is 0. The average Bonchev–Trinajstić information content (AvgIpc) is 2.50. The average molecular weight is 325 g/mol. The highest BCUT2D eigenvalue weighted by Gasteiger charge is 2.19. The molecule has 1 aromatic heterocycles. The Hall–Kier alpha value is -2.97. The first kappa shape index (κ1) is 16.4. The number of esters is 1.